The zero-order valence-corrected chi connectivity index (χ0v) is 15.9. The van der Waals surface area contributed by atoms with Crippen molar-refractivity contribution in [1.29, 1.82) is 0 Å². The molecule has 0 aliphatic heterocycles. The van der Waals surface area contributed by atoms with E-state index in [-0.39, 0.29) is 6.54 Å². The van der Waals surface area contributed by atoms with Crippen LogP contribution in [0.15, 0.2) is 36.4 Å². The lowest BCUT2D eigenvalue weighted by Crippen LogP contribution is -2.29. The van der Waals surface area contributed by atoms with Crippen LogP contribution in [0.4, 0.5) is 0 Å². The summed E-state index contributed by atoms with van der Waals surface area (Å²) < 4.78 is 0. The Bertz CT molecular complexity index is 716. The highest BCUT2D eigenvalue weighted by Gasteiger charge is 2.11. The molecule has 2 heterocycles. The number of carbonyl (C=O) groups is 1. The van der Waals surface area contributed by atoms with Gasteiger partial charge in [-0.3, -0.25) is 14.6 Å². The van der Waals surface area contributed by atoms with E-state index in [9.17, 15) is 4.79 Å². The van der Waals surface area contributed by atoms with Crippen molar-refractivity contribution in [3.05, 3.63) is 47.8 Å². The first-order valence-corrected chi connectivity index (χ1v) is 9.14. The molecule has 0 aliphatic rings. The van der Waals surface area contributed by atoms with E-state index in [1.54, 1.807) is 0 Å². The fourth-order valence-corrected chi connectivity index (χ4v) is 2.80. The molecule has 0 bridgehead atoms. The van der Waals surface area contributed by atoms with Gasteiger partial charge in [0.25, 0.3) is 0 Å². The van der Waals surface area contributed by atoms with E-state index < -0.39 is 5.97 Å². The second kappa shape index (κ2) is 9.99. The summed E-state index contributed by atoms with van der Waals surface area (Å²) in [4.78, 5) is 24.6. The van der Waals surface area contributed by atoms with Crippen molar-refractivity contribution < 1.29 is 9.90 Å². The molecule has 0 spiro atoms. The number of carboxylic acids is 1. The lowest BCUT2D eigenvalue weighted by atomic mass is 10.2. The Hall–Kier alpha value is -2.31. The summed E-state index contributed by atoms with van der Waals surface area (Å²) in [7, 11) is 0. The summed E-state index contributed by atoms with van der Waals surface area (Å²) >= 11 is 0. The normalized spacial score (nSPS) is 11.3. The summed E-state index contributed by atoms with van der Waals surface area (Å²) in [6.45, 7) is 10.2. The summed E-state index contributed by atoms with van der Waals surface area (Å²) in [5, 5.41) is 8.99. The van der Waals surface area contributed by atoms with Crippen LogP contribution in [0.25, 0.3) is 11.4 Å². The Kier molecular flexibility index (Phi) is 7.69. The fourth-order valence-electron chi connectivity index (χ4n) is 2.80. The van der Waals surface area contributed by atoms with Crippen molar-refractivity contribution in [2.75, 3.05) is 26.2 Å². The molecule has 0 aliphatic carbocycles. The minimum absolute atomic E-state index is 0.0139. The van der Waals surface area contributed by atoms with Crippen LogP contribution in [0.5, 0.6) is 0 Å². The molecule has 0 atom stereocenters. The van der Waals surface area contributed by atoms with Crippen LogP contribution >= 0.6 is 0 Å². The van der Waals surface area contributed by atoms with Crippen LogP contribution in [0.1, 0.15) is 32.2 Å². The molecule has 1 N–H and O–H groups in total. The number of aliphatic carboxylic acids is 1. The van der Waals surface area contributed by atoms with Gasteiger partial charge in [-0.05, 0) is 43.9 Å². The van der Waals surface area contributed by atoms with Crippen LogP contribution in [0, 0.1) is 0 Å². The maximum absolute atomic E-state index is 10.9. The molecule has 0 unspecified atom stereocenters. The second-order valence-corrected chi connectivity index (χ2v) is 6.19. The van der Waals surface area contributed by atoms with Gasteiger partial charge in [0.1, 0.15) is 0 Å². The molecule has 26 heavy (non-hydrogen) atoms. The minimum atomic E-state index is -0.825. The van der Waals surface area contributed by atoms with E-state index in [1.807, 2.05) is 48.2 Å². The van der Waals surface area contributed by atoms with Gasteiger partial charge >= 0.3 is 5.97 Å². The quantitative estimate of drug-likeness (QED) is 0.706. The Morgan fingerprint density at radius 3 is 1.73 bits per heavy atom. The van der Waals surface area contributed by atoms with E-state index in [1.165, 1.54) is 0 Å². The highest BCUT2D eigenvalue weighted by molar-refractivity contribution is 5.69. The topological polar surface area (TPSA) is 69.6 Å². The Morgan fingerprint density at radius 1 is 0.846 bits per heavy atom. The molecular formula is C20H28N4O2. The van der Waals surface area contributed by atoms with Gasteiger partial charge in [-0.25, -0.2) is 9.97 Å². The maximum Gasteiger partial charge on any atom is 0.317 e. The van der Waals surface area contributed by atoms with Crippen molar-refractivity contribution in [2.45, 2.75) is 33.9 Å². The van der Waals surface area contributed by atoms with Crippen LogP contribution in [0.2, 0.25) is 0 Å². The number of hydrogen-bond donors (Lipinski definition) is 1. The molecule has 140 valence electrons. The van der Waals surface area contributed by atoms with Gasteiger partial charge in [-0.15, -0.1) is 0 Å². The molecule has 0 amide bonds. The highest BCUT2D eigenvalue weighted by atomic mass is 16.4. The summed E-state index contributed by atoms with van der Waals surface area (Å²) in [6.07, 6.45) is 0. The Balaban J connectivity index is 2.17. The van der Waals surface area contributed by atoms with Crippen molar-refractivity contribution in [2.24, 2.45) is 0 Å². The molecule has 2 aromatic rings. The third kappa shape index (κ3) is 5.89. The average molecular weight is 356 g/mol. The van der Waals surface area contributed by atoms with Crippen LogP contribution in [0.3, 0.4) is 0 Å². The standard InChI is InChI=1S/C20H28N4O2/c1-4-23(5-2)13-16-9-7-11-18(21-16)19-12-8-10-17(22-19)14-24(6-3)15-20(25)26/h7-12H,4-6,13-15H2,1-3H3,(H,25,26). The molecule has 0 radical (unpaired) electrons. The number of nitrogens with zero attached hydrogens (tertiary/aromatic N) is 4. The largest absolute Gasteiger partial charge is 0.480 e. The lowest BCUT2D eigenvalue weighted by molar-refractivity contribution is -0.138. The third-order valence-corrected chi connectivity index (χ3v) is 4.35. The van der Waals surface area contributed by atoms with Crippen LogP contribution in [-0.2, 0) is 17.9 Å². The first-order valence-electron chi connectivity index (χ1n) is 9.14. The van der Waals surface area contributed by atoms with Crippen molar-refractivity contribution >= 4 is 5.97 Å². The molecule has 6 heteroatoms. The zero-order valence-electron chi connectivity index (χ0n) is 15.9. The Labute approximate surface area is 155 Å². The van der Waals surface area contributed by atoms with E-state index >= 15 is 0 Å². The van der Waals surface area contributed by atoms with Gasteiger partial charge in [0, 0.05) is 13.1 Å². The van der Waals surface area contributed by atoms with Gasteiger partial charge in [0.05, 0.1) is 29.3 Å². The molecule has 2 aromatic heterocycles. The van der Waals surface area contributed by atoms with Gasteiger partial charge < -0.3 is 5.11 Å². The molecule has 0 aromatic carbocycles. The SMILES string of the molecule is CCN(CC)Cc1cccc(-c2cccc(CN(CC)CC(=O)O)n2)n1. The van der Waals surface area contributed by atoms with E-state index in [4.69, 9.17) is 10.1 Å². The smallest absolute Gasteiger partial charge is 0.317 e. The maximum atomic E-state index is 10.9. The average Bonchev–Trinajstić information content (AvgIpc) is 2.65. The second-order valence-electron chi connectivity index (χ2n) is 6.19. The van der Waals surface area contributed by atoms with Gasteiger partial charge in [0.2, 0.25) is 0 Å². The number of hydrogen-bond acceptors (Lipinski definition) is 5. The first-order chi connectivity index (χ1) is 12.5. The number of likely N-dealkylation sites (N-methyl/N-ethyl adjacent to an activating group) is 1. The monoisotopic (exact) mass is 356 g/mol. The predicted octanol–water partition coefficient (Wildman–Crippen LogP) is 2.89. The van der Waals surface area contributed by atoms with Gasteiger partial charge in [0.15, 0.2) is 0 Å². The van der Waals surface area contributed by atoms with Crippen LogP contribution < -0.4 is 0 Å². The number of rotatable bonds is 10. The summed E-state index contributed by atoms with van der Waals surface area (Å²) in [5.41, 5.74) is 3.54. The molecule has 0 fully saturated rings. The van der Waals surface area contributed by atoms with Crippen molar-refractivity contribution in [3.63, 3.8) is 0 Å². The van der Waals surface area contributed by atoms with E-state index in [2.05, 4.69) is 23.7 Å². The zero-order chi connectivity index (χ0) is 18.9. The fraction of sp³-hybridized carbons (Fsp3) is 0.450. The number of pyridine rings is 2. The summed E-state index contributed by atoms with van der Waals surface area (Å²) in [5.74, 6) is -0.825. The number of aromatic nitrogens is 2. The first kappa shape index (κ1) is 20.0. The molecule has 0 saturated heterocycles. The lowest BCUT2D eigenvalue weighted by Gasteiger charge is -2.18. The molecule has 0 saturated carbocycles. The summed E-state index contributed by atoms with van der Waals surface area (Å²) in [6, 6.07) is 11.8. The van der Waals surface area contributed by atoms with E-state index in [0.717, 1.165) is 42.4 Å². The molecular weight excluding hydrogens is 328 g/mol. The minimum Gasteiger partial charge on any atom is -0.480 e. The van der Waals surface area contributed by atoms with E-state index in [0.29, 0.717) is 13.1 Å². The van der Waals surface area contributed by atoms with Crippen molar-refractivity contribution in [1.82, 2.24) is 19.8 Å². The Morgan fingerprint density at radius 2 is 1.31 bits per heavy atom. The molecule has 2 rings (SSSR count). The molecule has 6 nitrogen and oxygen atoms in total. The van der Waals surface area contributed by atoms with Crippen molar-refractivity contribution in [3.8, 4) is 11.4 Å². The highest BCUT2D eigenvalue weighted by Crippen LogP contribution is 2.17. The van der Waals surface area contributed by atoms with Gasteiger partial charge in [-0.2, -0.15) is 0 Å². The number of carboxylic acid groups (broad SMARTS) is 1. The predicted molar refractivity (Wildman–Crippen MR) is 103 cm³/mol. The third-order valence-electron chi connectivity index (χ3n) is 4.35. The van der Waals surface area contributed by atoms with Crippen LogP contribution in [-0.4, -0.2) is 57.0 Å². The van der Waals surface area contributed by atoms with Gasteiger partial charge in [-0.1, -0.05) is 32.9 Å².